The summed E-state index contributed by atoms with van der Waals surface area (Å²) in [7, 11) is 0. The van der Waals surface area contributed by atoms with E-state index < -0.39 is 0 Å². The maximum absolute atomic E-state index is 2.44. The maximum atomic E-state index is 2.44. The summed E-state index contributed by atoms with van der Waals surface area (Å²) < 4.78 is 0. The van der Waals surface area contributed by atoms with E-state index in [4.69, 9.17) is 0 Å². The highest BCUT2D eigenvalue weighted by molar-refractivity contribution is 5.96. The first-order valence-electron chi connectivity index (χ1n) is 16.6. The van der Waals surface area contributed by atoms with E-state index in [1.165, 1.54) is 72.4 Å². The lowest BCUT2D eigenvalue weighted by atomic mass is 9.70. The number of hydrogen-bond acceptors (Lipinski definition) is 1. The van der Waals surface area contributed by atoms with E-state index in [1.807, 2.05) is 0 Å². The summed E-state index contributed by atoms with van der Waals surface area (Å²) >= 11 is 0. The molecule has 1 spiro atoms. The normalized spacial score (nSPS) is 14.9. The fourth-order valence-electron chi connectivity index (χ4n) is 9.08. The van der Waals surface area contributed by atoms with Crippen LogP contribution in [0.25, 0.3) is 33.4 Å². The van der Waals surface area contributed by atoms with Crippen molar-refractivity contribution >= 4 is 17.1 Å². The van der Waals surface area contributed by atoms with Crippen LogP contribution < -0.4 is 4.90 Å². The first-order valence-corrected chi connectivity index (χ1v) is 16.6. The average molecular weight is 600 g/mol. The first-order chi connectivity index (χ1) is 23.1. The molecule has 0 bridgehead atoms. The molecule has 3 aliphatic carbocycles. The van der Waals surface area contributed by atoms with Gasteiger partial charge < -0.3 is 4.90 Å². The van der Waals surface area contributed by atoms with Crippen LogP contribution in [0.4, 0.5) is 17.1 Å². The van der Waals surface area contributed by atoms with Gasteiger partial charge in [0.2, 0.25) is 0 Å². The van der Waals surface area contributed by atoms with E-state index in [1.54, 1.807) is 0 Å². The van der Waals surface area contributed by atoms with E-state index in [0.29, 0.717) is 0 Å². The van der Waals surface area contributed by atoms with Gasteiger partial charge in [-0.2, -0.15) is 0 Å². The van der Waals surface area contributed by atoms with Crippen molar-refractivity contribution in [2.24, 2.45) is 0 Å². The summed E-state index contributed by atoms with van der Waals surface area (Å²) in [4.78, 5) is 2.43. The molecule has 222 valence electrons. The van der Waals surface area contributed by atoms with Gasteiger partial charge in [0.1, 0.15) is 0 Å². The Balaban J connectivity index is 1.21. The molecule has 0 unspecified atom stereocenters. The predicted molar refractivity (Wildman–Crippen MR) is 195 cm³/mol. The third kappa shape index (κ3) is 3.39. The quantitative estimate of drug-likeness (QED) is 0.195. The SMILES string of the molecule is CC1(C)c2ccccc2-c2ccc(N(c3ccccc3)c3ccc4c(c3)-c3ccccc3C43c4ccccc4-c4ccccc43)cc21. The molecule has 7 aromatic carbocycles. The molecule has 0 saturated heterocycles. The Labute approximate surface area is 276 Å². The van der Waals surface area contributed by atoms with E-state index in [0.717, 1.165) is 11.4 Å². The highest BCUT2D eigenvalue weighted by Crippen LogP contribution is 2.63. The van der Waals surface area contributed by atoms with Gasteiger partial charge in [0, 0.05) is 22.5 Å². The molecule has 0 N–H and O–H groups in total. The topological polar surface area (TPSA) is 3.24 Å². The molecule has 10 rings (SSSR count). The fraction of sp³-hybridized carbons (Fsp3) is 0.0870. The molecule has 0 amide bonds. The Kier molecular flexibility index (Phi) is 5.33. The molecular formula is C46H33N. The molecule has 7 aromatic rings. The van der Waals surface area contributed by atoms with Crippen molar-refractivity contribution in [1.29, 1.82) is 0 Å². The second-order valence-electron chi connectivity index (χ2n) is 13.7. The van der Waals surface area contributed by atoms with Gasteiger partial charge in [-0.1, -0.05) is 141 Å². The molecular weight excluding hydrogens is 567 g/mol. The van der Waals surface area contributed by atoms with Crippen LogP contribution in [0.1, 0.15) is 47.2 Å². The molecule has 0 fully saturated rings. The summed E-state index contributed by atoms with van der Waals surface area (Å²) in [6, 6.07) is 61.0. The zero-order chi connectivity index (χ0) is 31.3. The van der Waals surface area contributed by atoms with Gasteiger partial charge in [0.25, 0.3) is 0 Å². The van der Waals surface area contributed by atoms with Crippen molar-refractivity contribution in [3.63, 3.8) is 0 Å². The van der Waals surface area contributed by atoms with Crippen LogP contribution in [0, 0.1) is 0 Å². The number of hydrogen-bond donors (Lipinski definition) is 0. The molecule has 0 atom stereocenters. The lowest BCUT2D eigenvalue weighted by molar-refractivity contribution is 0.660. The predicted octanol–water partition coefficient (Wildman–Crippen LogP) is 11.8. The van der Waals surface area contributed by atoms with Gasteiger partial charge in [-0.15, -0.1) is 0 Å². The van der Waals surface area contributed by atoms with Crippen molar-refractivity contribution in [1.82, 2.24) is 0 Å². The van der Waals surface area contributed by atoms with Gasteiger partial charge in [-0.05, 0) is 103 Å². The largest absolute Gasteiger partial charge is 0.310 e. The fourth-order valence-corrected chi connectivity index (χ4v) is 9.08. The Bertz CT molecular complexity index is 2350. The molecule has 0 saturated carbocycles. The number of anilines is 3. The van der Waals surface area contributed by atoms with Gasteiger partial charge >= 0.3 is 0 Å². The molecule has 0 heterocycles. The van der Waals surface area contributed by atoms with Crippen LogP contribution in [0.5, 0.6) is 0 Å². The maximum Gasteiger partial charge on any atom is 0.0725 e. The van der Waals surface area contributed by atoms with Gasteiger partial charge in [-0.3, -0.25) is 0 Å². The average Bonchev–Trinajstić information content (AvgIpc) is 3.68. The summed E-state index contributed by atoms with van der Waals surface area (Å²) in [6.07, 6.45) is 0. The zero-order valence-electron chi connectivity index (χ0n) is 26.5. The Hall–Kier alpha value is -5.66. The third-order valence-corrected chi connectivity index (χ3v) is 11.1. The highest BCUT2D eigenvalue weighted by atomic mass is 15.1. The third-order valence-electron chi connectivity index (χ3n) is 11.1. The summed E-state index contributed by atoms with van der Waals surface area (Å²) in [5, 5.41) is 0. The van der Waals surface area contributed by atoms with Crippen LogP contribution in [0.3, 0.4) is 0 Å². The molecule has 3 aliphatic rings. The minimum atomic E-state index is -0.335. The second-order valence-corrected chi connectivity index (χ2v) is 13.7. The Morgan fingerprint density at radius 2 is 0.745 bits per heavy atom. The van der Waals surface area contributed by atoms with Crippen LogP contribution in [-0.2, 0) is 10.8 Å². The Morgan fingerprint density at radius 3 is 1.36 bits per heavy atom. The summed E-state index contributed by atoms with van der Waals surface area (Å²) in [6.45, 7) is 4.72. The molecule has 1 heteroatoms. The van der Waals surface area contributed by atoms with Gasteiger partial charge in [-0.25, -0.2) is 0 Å². The highest BCUT2D eigenvalue weighted by Gasteiger charge is 2.51. The van der Waals surface area contributed by atoms with E-state index in [9.17, 15) is 0 Å². The van der Waals surface area contributed by atoms with Crippen LogP contribution in [0.2, 0.25) is 0 Å². The monoisotopic (exact) mass is 599 g/mol. The van der Waals surface area contributed by atoms with Crippen LogP contribution in [0.15, 0.2) is 164 Å². The minimum Gasteiger partial charge on any atom is -0.310 e. The smallest absolute Gasteiger partial charge is 0.0725 e. The summed E-state index contributed by atoms with van der Waals surface area (Å²) in [5.74, 6) is 0. The van der Waals surface area contributed by atoms with Crippen molar-refractivity contribution in [3.05, 3.63) is 197 Å². The van der Waals surface area contributed by atoms with Crippen molar-refractivity contribution in [3.8, 4) is 33.4 Å². The Morgan fingerprint density at radius 1 is 0.319 bits per heavy atom. The van der Waals surface area contributed by atoms with E-state index in [-0.39, 0.29) is 10.8 Å². The van der Waals surface area contributed by atoms with Crippen LogP contribution >= 0.6 is 0 Å². The zero-order valence-corrected chi connectivity index (χ0v) is 26.5. The summed E-state index contributed by atoms with van der Waals surface area (Å²) in [5.41, 5.74) is 19.3. The standard InChI is InChI=1S/C46H33N/c1-45(2)39-20-10-6-16-33(39)37-26-24-32(29-44(37)45)47(30-14-4-3-5-15-30)31-25-27-43-38(28-31)36-19-9-13-23-42(36)46(43)40-21-11-7-17-34(40)35-18-8-12-22-41(35)46/h3-29H,1-2H3. The molecule has 0 aliphatic heterocycles. The van der Waals surface area contributed by atoms with Crippen molar-refractivity contribution in [2.75, 3.05) is 4.90 Å². The number of nitrogens with zero attached hydrogens (tertiary/aromatic N) is 1. The molecule has 47 heavy (non-hydrogen) atoms. The number of rotatable bonds is 3. The van der Waals surface area contributed by atoms with Gasteiger partial charge in [0.05, 0.1) is 5.41 Å². The molecule has 0 radical (unpaired) electrons. The van der Waals surface area contributed by atoms with Crippen molar-refractivity contribution in [2.45, 2.75) is 24.7 Å². The number of para-hydroxylation sites is 1. The van der Waals surface area contributed by atoms with E-state index in [2.05, 4.69) is 183 Å². The first kappa shape index (κ1) is 26.5. The molecule has 0 aromatic heterocycles. The van der Waals surface area contributed by atoms with Crippen LogP contribution in [-0.4, -0.2) is 0 Å². The number of fused-ring (bicyclic) bond motifs is 13. The lowest BCUT2D eigenvalue weighted by Crippen LogP contribution is -2.25. The minimum absolute atomic E-state index is 0.0726. The molecule has 1 nitrogen and oxygen atoms in total. The van der Waals surface area contributed by atoms with E-state index >= 15 is 0 Å². The number of benzene rings is 7. The van der Waals surface area contributed by atoms with Crippen molar-refractivity contribution < 1.29 is 0 Å². The second kappa shape index (κ2) is 9.44. The van der Waals surface area contributed by atoms with Gasteiger partial charge in [0.15, 0.2) is 0 Å². The lowest BCUT2D eigenvalue weighted by Gasteiger charge is -2.31.